The summed E-state index contributed by atoms with van der Waals surface area (Å²) >= 11 is 6.15. The molecule has 1 saturated carbocycles. The summed E-state index contributed by atoms with van der Waals surface area (Å²) in [5.74, 6) is -0.283. The van der Waals surface area contributed by atoms with Crippen LogP contribution in [0.2, 0.25) is 5.02 Å². The van der Waals surface area contributed by atoms with Crippen LogP contribution in [0.3, 0.4) is 0 Å². The summed E-state index contributed by atoms with van der Waals surface area (Å²) in [4.78, 5) is 27.6. The van der Waals surface area contributed by atoms with Gasteiger partial charge in [0.15, 0.2) is 0 Å². The number of hydrogen-bond acceptors (Lipinski definition) is 8. The van der Waals surface area contributed by atoms with Gasteiger partial charge in [0.1, 0.15) is 5.69 Å². The van der Waals surface area contributed by atoms with Crippen molar-refractivity contribution in [3.63, 3.8) is 0 Å². The van der Waals surface area contributed by atoms with Crippen molar-refractivity contribution in [2.24, 2.45) is 0 Å². The molecule has 1 aliphatic carbocycles. The van der Waals surface area contributed by atoms with Gasteiger partial charge in [0, 0.05) is 31.2 Å². The lowest BCUT2D eigenvalue weighted by atomic mass is 10.2. The molecule has 1 aromatic heterocycles. The van der Waals surface area contributed by atoms with E-state index < -0.39 is 16.0 Å². The number of carbonyl (C=O) groups excluding carboxylic acids is 1. The largest absolute Gasteiger partial charge is 0.483 e. The zero-order valence-electron chi connectivity index (χ0n) is 22.2. The molecule has 0 bridgehead atoms. The highest BCUT2D eigenvalue weighted by atomic mass is 35.5. The molecule has 0 spiro atoms. The average molecular weight is 587 g/mol. The number of halogens is 1. The summed E-state index contributed by atoms with van der Waals surface area (Å²) in [7, 11) is -3.78. The van der Waals surface area contributed by atoms with Gasteiger partial charge in [-0.15, -0.1) is 0 Å². The molecule has 10 nitrogen and oxygen atoms in total. The Kier molecular flexibility index (Phi) is 8.43. The van der Waals surface area contributed by atoms with E-state index in [2.05, 4.69) is 5.10 Å². The maximum Gasteiger partial charge on any atom is 0.338 e. The zero-order chi connectivity index (χ0) is 28.3. The third-order valence-corrected chi connectivity index (χ3v) is 9.28. The first-order chi connectivity index (χ1) is 19.3. The highest BCUT2D eigenvalue weighted by molar-refractivity contribution is 7.89. The number of esters is 1. The van der Waals surface area contributed by atoms with E-state index in [1.807, 2.05) is 4.90 Å². The van der Waals surface area contributed by atoms with E-state index in [9.17, 15) is 18.0 Å². The van der Waals surface area contributed by atoms with Gasteiger partial charge in [0.25, 0.3) is 0 Å². The molecule has 1 aliphatic heterocycles. The standard InChI is InChI=1S/C28H31ClN4O6S/c1-2-38-28(35)20-10-12-24(13-11-20)40(36,37)32-16-14-31(15-17-32)25-19-30-33(22-7-5-6-21(29)18-22)27(34)26(25)39-23-8-3-4-9-23/h5-7,10-13,18-19,23H,2-4,8-9,14-17H2,1H3. The van der Waals surface area contributed by atoms with E-state index >= 15 is 0 Å². The number of carbonyl (C=O) groups is 1. The number of rotatable bonds is 8. The summed E-state index contributed by atoms with van der Waals surface area (Å²) in [6, 6.07) is 12.6. The van der Waals surface area contributed by atoms with E-state index in [-0.39, 0.29) is 42.0 Å². The second kappa shape index (κ2) is 12.0. The van der Waals surface area contributed by atoms with Gasteiger partial charge < -0.3 is 14.4 Å². The van der Waals surface area contributed by atoms with Crippen LogP contribution in [0.1, 0.15) is 43.0 Å². The van der Waals surface area contributed by atoms with Crippen molar-refractivity contribution >= 4 is 33.3 Å². The maximum absolute atomic E-state index is 13.6. The van der Waals surface area contributed by atoms with Crippen LogP contribution >= 0.6 is 11.6 Å². The Balaban J connectivity index is 1.36. The minimum Gasteiger partial charge on any atom is -0.483 e. The maximum atomic E-state index is 13.6. The fourth-order valence-electron chi connectivity index (χ4n) is 5.03. The van der Waals surface area contributed by atoms with Crippen LogP contribution in [-0.2, 0) is 14.8 Å². The topological polar surface area (TPSA) is 111 Å². The molecular weight excluding hydrogens is 556 g/mol. The lowest BCUT2D eigenvalue weighted by Gasteiger charge is -2.36. The van der Waals surface area contributed by atoms with Gasteiger partial charge in [-0.25, -0.2) is 13.2 Å². The molecule has 2 fully saturated rings. The summed E-state index contributed by atoms with van der Waals surface area (Å²) in [5, 5.41) is 4.89. The Labute approximate surface area is 238 Å². The van der Waals surface area contributed by atoms with Gasteiger partial charge in [-0.2, -0.15) is 14.1 Å². The normalized spacial score (nSPS) is 16.7. The van der Waals surface area contributed by atoms with Crippen molar-refractivity contribution < 1.29 is 22.7 Å². The Morgan fingerprint density at radius 2 is 1.75 bits per heavy atom. The summed E-state index contributed by atoms with van der Waals surface area (Å²) in [6.45, 7) is 3.07. The SMILES string of the molecule is CCOC(=O)c1ccc(S(=O)(=O)N2CCN(c3cnn(-c4cccc(Cl)c4)c(=O)c3OC3CCCC3)CC2)cc1. The van der Waals surface area contributed by atoms with Crippen molar-refractivity contribution in [2.75, 3.05) is 37.7 Å². The highest BCUT2D eigenvalue weighted by Gasteiger charge is 2.31. The first kappa shape index (κ1) is 28.1. The van der Waals surface area contributed by atoms with Crippen LogP contribution in [0.25, 0.3) is 5.69 Å². The lowest BCUT2D eigenvalue weighted by Crippen LogP contribution is -2.49. The highest BCUT2D eigenvalue weighted by Crippen LogP contribution is 2.31. The molecule has 0 unspecified atom stereocenters. The number of benzene rings is 2. The minimum absolute atomic E-state index is 0.0547. The molecular formula is C28H31ClN4O6S. The van der Waals surface area contributed by atoms with E-state index in [4.69, 9.17) is 21.1 Å². The van der Waals surface area contributed by atoms with Crippen molar-refractivity contribution in [1.82, 2.24) is 14.1 Å². The predicted molar refractivity (Wildman–Crippen MR) is 151 cm³/mol. The Bertz CT molecular complexity index is 1530. The Morgan fingerprint density at radius 1 is 1.05 bits per heavy atom. The van der Waals surface area contributed by atoms with Gasteiger partial charge in [0.05, 0.1) is 35.1 Å². The fraction of sp³-hybridized carbons (Fsp3) is 0.393. The summed E-state index contributed by atoms with van der Waals surface area (Å²) < 4.78 is 40.5. The summed E-state index contributed by atoms with van der Waals surface area (Å²) in [5.41, 5.74) is 0.986. The van der Waals surface area contributed by atoms with E-state index in [0.717, 1.165) is 25.7 Å². The van der Waals surface area contributed by atoms with E-state index in [1.165, 1.54) is 33.3 Å². The van der Waals surface area contributed by atoms with Crippen molar-refractivity contribution in [3.8, 4) is 11.4 Å². The lowest BCUT2D eigenvalue weighted by molar-refractivity contribution is 0.0526. The van der Waals surface area contributed by atoms with Gasteiger partial charge in [0.2, 0.25) is 15.8 Å². The minimum atomic E-state index is -3.78. The smallest absolute Gasteiger partial charge is 0.338 e. The van der Waals surface area contributed by atoms with Crippen molar-refractivity contribution in [1.29, 1.82) is 0 Å². The molecule has 1 saturated heterocycles. The second-order valence-corrected chi connectivity index (χ2v) is 12.1. The third kappa shape index (κ3) is 5.86. The monoisotopic (exact) mass is 586 g/mol. The number of aromatic nitrogens is 2. The Hall–Kier alpha value is -3.41. The van der Waals surface area contributed by atoms with Crippen molar-refractivity contribution in [2.45, 2.75) is 43.6 Å². The molecule has 3 aromatic rings. The quantitative estimate of drug-likeness (QED) is 0.366. The van der Waals surface area contributed by atoms with Crippen molar-refractivity contribution in [3.05, 3.63) is 75.7 Å². The molecule has 0 amide bonds. The number of ether oxygens (including phenoxy) is 2. The molecule has 12 heteroatoms. The van der Waals surface area contributed by atoms with Crippen LogP contribution in [0.15, 0.2) is 64.4 Å². The van der Waals surface area contributed by atoms with Gasteiger partial charge in [-0.05, 0) is 75.1 Å². The first-order valence-electron chi connectivity index (χ1n) is 13.3. The number of anilines is 1. The second-order valence-electron chi connectivity index (χ2n) is 9.72. The fourth-order valence-corrected chi connectivity index (χ4v) is 6.63. The third-order valence-electron chi connectivity index (χ3n) is 7.14. The first-order valence-corrected chi connectivity index (χ1v) is 15.2. The summed E-state index contributed by atoms with van der Waals surface area (Å²) in [6.07, 6.45) is 5.39. The van der Waals surface area contributed by atoms with E-state index in [0.29, 0.717) is 35.1 Å². The van der Waals surface area contributed by atoms with Gasteiger partial charge >= 0.3 is 11.5 Å². The number of sulfonamides is 1. The van der Waals surface area contributed by atoms with Crippen LogP contribution in [0, 0.1) is 0 Å². The molecule has 40 heavy (non-hydrogen) atoms. The van der Waals surface area contributed by atoms with Gasteiger partial charge in [-0.3, -0.25) is 4.79 Å². The van der Waals surface area contributed by atoms with Crippen LogP contribution in [0.5, 0.6) is 5.75 Å². The number of nitrogens with zero attached hydrogens (tertiary/aromatic N) is 4. The van der Waals surface area contributed by atoms with Gasteiger partial charge in [-0.1, -0.05) is 17.7 Å². The zero-order valence-corrected chi connectivity index (χ0v) is 23.7. The molecule has 0 atom stereocenters. The predicted octanol–water partition coefficient (Wildman–Crippen LogP) is 3.89. The number of piperazine rings is 1. The molecule has 2 aliphatic rings. The molecule has 212 valence electrons. The number of hydrogen-bond donors (Lipinski definition) is 0. The van der Waals surface area contributed by atoms with Crippen LogP contribution < -0.4 is 15.2 Å². The molecule has 2 aromatic carbocycles. The molecule has 2 heterocycles. The molecule has 0 radical (unpaired) electrons. The van der Waals surface area contributed by atoms with Crippen LogP contribution in [0.4, 0.5) is 5.69 Å². The molecule has 0 N–H and O–H groups in total. The van der Waals surface area contributed by atoms with Crippen LogP contribution in [-0.4, -0.2) is 67.4 Å². The van der Waals surface area contributed by atoms with E-state index in [1.54, 1.807) is 37.4 Å². The molecule has 5 rings (SSSR count). The Morgan fingerprint density at radius 3 is 2.40 bits per heavy atom. The average Bonchev–Trinajstić information content (AvgIpc) is 3.48.